The van der Waals surface area contributed by atoms with Crippen molar-refractivity contribution in [3.05, 3.63) is 106 Å². The lowest BCUT2D eigenvalue weighted by molar-refractivity contribution is 0.148. The largest absolute Gasteiger partial charge is 0.303 e. The Bertz CT molecular complexity index is 1000. The molecule has 0 bridgehead atoms. The summed E-state index contributed by atoms with van der Waals surface area (Å²) in [6, 6.07) is 29.2. The Hall–Kier alpha value is -2.31. The van der Waals surface area contributed by atoms with Gasteiger partial charge in [0.1, 0.15) is 5.41 Å². The third kappa shape index (κ3) is 4.65. The van der Waals surface area contributed by atoms with Gasteiger partial charge in [-0.05, 0) is 60.5 Å². The molecular weight excluding hydrogens is 423 g/mol. The SMILES string of the molecule is N#CC(c1ccccc1)(c1ccccc1)C1CCCN(CCc2ccc(Cl)c(Cl)c2)C1. The van der Waals surface area contributed by atoms with Crippen LogP contribution in [0.15, 0.2) is 78.9 Å². The predicted octanol–water partition coefficient (Wildman–Crippen LogP) is 6.76. The van der Waals surface area contributed by atoms with Gasteiger partial charge in [0.05, 0.1) is 16.1 Å². The second kappa shape index (κ2) is 9.88. The number of likely N-dealkylation sites (tertiary alicyclic amines) is 1. The zero-order chi connectivity index (χ0) is 21.7. The van der Waals surface area contributed by atoms with E-state index in [2.05, 4.69) is 35.2 Å². The van der Waals surface area contributed by atoms with Crippen molar-refractivity contribution < 1.29 is 0 Å². The number of rotatable bonds is 6. The van der Waals surface area contributed by atoms with Crippen LogP contribution in [-0.2, 0) is 11.8 Å². The van der Waals surface area contributed by atoms with Gasteiger partial charge in [-0.2, -0.15) is 5.26 Å². The zero-order valence-corrected chi connectivity index (χ0v) is 19.0. The molecule has 4 rings (SSSR count). The van der Waals surface area contributed by atoms with Gasteiger partial charge in [0.15, 0.2) is 0 Å². The molecule has 2 nitrogen and oxygen atoms in total. The van der Waals surface area contributed by atoms with Crippen LogP contribution >= 0.6 is 23.2 Å². The molecule has 1 saturated heterocycles. The summed E-state index contributed by atoms with van der Waals surface area (Å²) >= 11 is 12.2. The minimum absolute atomic E-state index is 0.227. The van der Waals surface area contributed by atoms with E-state index in [1.54, 1.807) is 0 Å². The topological polar surface area (TPSA) is 27.0 Å². The lowest BCUT2D eigenvalue weighted by Crippen LogP contribution is -2.46. The van der Waals surface area contributed by atoms with Crippen molar-refractivity contribution in [2.75, 3.05) is 19.6 Å². The van der Waals surface area contributed by atoms with E-state index in [-0.39, 0.29) is 5.92 Å². The maximum absolute atomic E-state index is 10.6. The van der Waals surface area contributed by atoms with Crippen LogP contribution in [0.3, 0.4) is 0 Å². The summed E-state index contributed by atoms with van der Waals surface area (Å²) in [6.07, 6.45) is 3.05. The number of halogens is 2. The summed E-state index contributed by atoms with van der Waals surface area (Å²) in [5, 5.41) is 11.8. The van der Waals surface area contributed by atoms with Crippen LogP contribution in [0, 0.1) is 17.2 Å². The smallest absolute Gasteiger partial charge is 0.111 e. The summed E-state index contributed by atoms with van der Waals surface area (Å²) in [7, 11) is 0. The first-order chi connectivity index (χ1) is 15.1. The molecule has 0 spiro atoms. The molecule has 4 heteroatoms. The van der Waals surface area contributed by atoms with Crippen molar-refractivity contribution in [2.45, 2.75) is 24.7 Å². The van der Waals surface area contributed by atoms with Gasteiger partial charge < -0.3 is 4.90 Å². The standard InChI is InChI=1S/C27H26Cl2N2/c28-25-14-13-21(18-26(25)29)15-17-31-16-7-12-24(19-31)27(20-30,22-8-3-1-4-9-22)23-10-5-2-6-11-23/h1-6,8-11,13-14,18,24H,7,12,15-17,19H2. The van der Waals surface area contributed by atoms with Gasteiger partial charge in [-0.25, -0.2) is 0 Å². The van der Waals surface area contributed by atoms with Gasteiger partial charge in [-0.1, -0.05) is 89.9 Å². The van der Waals surface area contributed by atoms with Crippen molar-refractivity contribution in [3.63, 3.8) is 0 Å². The Labute approximate surface area is 195 Å². The maximum Gasteiger partial charge on any atom is 0.111 e. The second-order valence-electron chi connectivity index (χ2n) is 8.29. The summed E-state index contributed by atoms with van der Waals surface area (Å²) in [6.45, 7) is 2.90. The fourth-order valence-electron chi connectivity index (χ4n) is 4.85. The Balaban J connectivity index is 1.59. The lowest BCUT2D eigenvalue weighted by atomic mass is 9.64. The van der Waals surface area contributed by atoms with E-state index >= 15 is 0 Å². The summed E-state index contributed by atoms with van der Waals surface area (Å²) in [5.74, 6) is 0.227. The van der Waals surface area contributed by atoms with E-state index in [1.165, 1.54) is 5.56 Å². The number of nitrogens with zero attached hydrogens (tertiary/aromatic N) is 2. The van der Waals surface area contributed by atoms with Crippen LogP contribution in [0.1, 0.15) is 29.5 Å². The van der Waals surface area contributed by atoms with E-state index in [0.717, 1.165) is 50.0 Å². The molecule has 0 aromatic heterocycles. The van der Waals surface area contributed by atoms with Gasteiger partial charge in [0.2, 0.25) is 0 Å². The maximum atomic E-state index is 10.6. The van der Waals surface area contributed by atoms with Crippen molar-refractivity contribution in [3.8, 4) is 6.07 Å². The van der Waals surface area contributed by atoms with Crippen molar-refractivity contribution in [2.24, 2.45) is 5.92 Å². The monoisotopic (exact) mass is 448 g/mol. The molecule has 0 saturated carbocycles. The van der Waals surface area contributed by atoms with Crippen LogP contribution in [0.5, 0.6) is 0 Å². The van der Waals surface area contributed by atoms with Crippen molar-refractivity contribution in [1.29, 1.82) is 5.26 Å². The molecule has 0 N–H and O–H groups in total. The Kier molecular flexibility index (Phi) is 6.98. The highest BCUT2D eigenvalue weighted by atomic mass is 35.5. The van der Waals surface area contributed by atoms with E-state index in [9.17, 15) is 5.26 Å². The van der Waals surface area contributed by atoms with Crippen LogP contribution in [0.25, 0.3) is 0 Å². The van der Waals surface area contributed by atoms with Gasteiger partial charge >= 0.3 is 0 Å². The Morgan fingerprint density at radius 2 is 1.55 bits per heavy atom. The van der Waals surface area contributed by atoms with Gasteiger partial charge in [-0.3, -0.25) is 0 Å². The van der Waals surface area contributed by atoms with E-state index < -0.39 is 5.41 Å². The molecule has 1 aliphatic rings. The molecule has 0 aliphatic carbocycles. The van der Waals surface area contributed by atoms with Crippen molar-refractivity contribution in [1.82, 2.24) is 4.90 Å². The summed E-state index contributed by atoms with van der Waals surface area (Å²) in [4.78, 5) is 2.49. The molecule has 1 fully saturated rings. The number of hydrogen-bond acceptors (Lipinski definition) is 2. The molecule has 1 aliphatic heterocycles. The van der Waals surface area contributed by atoms with Gasteiger partial charge in [0, 0.05) is 13.1 Å². The molecule has 0 amide bonds. The first-order valence-corrected chi connectivity index (χ1v) is 11.6. The normalized spacial score (nSPS) is 17.3. The van der Waals surface area contributed by atoms with Crippen LogP contribution in [0.2, 0.25) is 10.0 Å². The third-order valence-corrected chi connectivity index (χ3v) is 7.19. The fourth-order valence-corrected chi connectivity index (χ4v) is 5.18. The average Bonchev–Trinajstić information content (AvgIpc) is 2.82. The molecule has 3 aromatic rings. The fraction of sp³-hybridized carbons (Fsp3) is 0.296. The molecule has 31 heavy (non-hydrogen) atoms. The minimum Gasteiger partial charge on any atom is -0.303 e. The van der Waals surface area contributed by atoms with E-state index in [4.69, 9.17) is 23.2 Å². The van der Waals surface area contributed by atoms with Crippen LogP contribution in [0.4, 0.5) is 0 Å². The number of nitriles is 1. The summed E-state index contributed by atoms with van der Waals surface area (Å²) < 4.78 is 0. The average molecular weight is 449 g/mol. The van der Waals surface area contributed by atoms with E-state index in [1.807, 2.05) is 54.6 Å². The molecule has 1 heterocycles. The van der Waals surface area contributed by atoms with Crippen LogP contribution < -0.4 is 0 Å². The molecular formula is C27H26Cl2N2. The molecule has 0 radical (unpaired) electrons. The number of benzene rings is 3. The van der Waals surface area contributed by atoms with Gasteiger partial charge in [0.25, 0.3) is 0 Å². The van der Waals surface area contributed by atoms with E-state index in [0.29, 0.717) is 10.0 Å². The Morgan fingerprint density at radius 1 is 0.903 bits per heavy atom. The second-order valence-corrected chi connectivity index (χ2v) is 9.10. The van der Waals surface area contributed by atoms with Crippen LogP contribution in [-0.4, -0.2) is 24.5 Å². The highest BCUT2D eigenvalue weighted by Crippen LogP contribution is 2.43. The van der Waals surface area contributed by atoms with Crippen molar-refractivity contribution >= 4 is 23.2 Å². The third-order valence-electron chi connectivity index (χ3n) is 6.45. The molecule has 1 atom stereocenters. The lowest BCUT2D eigenvalue weighted by Gasteiger charge is -2.42. The number of piperidine rings is 1. The first-order valence-electron chi connectivity index (χ1n) is 10.8. The quantitative estimate of drug-likeness (QED) is 0.416. The first kappa shape index (κ1) is 21.9. The Morgan fingerprint density at radius 3 is 2.13 bits per heavy atom. The summed E-state index contributed by atoms with van der Waals surface area (Å²) in [5.41, 5.74) is 2.71. The predicted molar refractivity (Wildman–Crippen MR) is 129 cm³/mol. The molecule has 3 aromatic carbocycles. The minimum atomic E-state index is -0.648. The highest BCUT2D eigenvalue weighted by molar-refractivity contribution is 6.42. The number of hydrogen-bond donors (Lipinski definition) is 0. The highest BCUT2D eigenvalue weighted by Gasteiger charge is 2.44. The van der Waals surface area contributed by atoms with Gasteiger partial charge in [-0.15, -0.1) is 0 Å². The zero-order valence-electron chi connectivity index (χ0n) is 17.5. The molecule has 1 unspecified atom stereocenters. The molecule has 158 valence electrons.